The molecule has 2 aliphatic rings. The van der Waals surface area contributed by atoms with Crippen molar-refractivity contribution in [3.63, 3.8) is 0 Å². The second-order valence-corrected chi connectivity index (χ2v) is 10.1. The molecule has 14 nitrogen and oxygen atoms in total. The van der Waals surface area contributed by atoms with Gasteiger partial charge in [0, 0.05) is 17.0 Å². The lowest BCUT2D eigenvalue weighted by Crippen LogP contribution is -2.63. The molecule has 0 saturated carbocycles. The average Bonchev–Trinajstić information content (AvgIpc) is 3.50. The average molecular weight is 530 g/mol. The first-order chi connectivity index (χ1) is 17.2. The SMILES string of the molecule is CON=CC(=O)NC1(c2csc(N)n2)S[C@H]2CC(=O)N2C(C(=O)[O-])=C1C[n+]1ccc(N)n2nccc21. The molecule has 5 rings (SSSR count). The minimum Gasteiger partial charge on any atom is -0.543 e. The van der Waals surface area contributed by atoms with Crippen molar-refractivity contribution in [1.82, 2.24) is 24.8 Å². The van der Waals surface area contributed by atoms with E-state index in [1.54, 1.807) is 28.3 Å². The number of amides is 2. The first kappa shape index (κ1) is 23.6. The third kappa shape index (κ3) is 3.70. The van der Waals surface area contributed by atoms with Gasteiger partial charge in [-0.15, -0.1) is 11.3 Å². The second-order valence-electron chi connectivity index (χ2n) is 7.78. The summed E-state index contributed by atoms with van der Waals surface area (Å²) in [5.74, 6) is -2.27. The number of aliphatic carboxylic acids is 1. The Bertz CT molecular complexity index is 1460. The number of nitrogens with one attached hydrogen (secondary N) is 1. The Hall–Kier alpha value is -4.18. The maximum absolute atomic E-state index is 12.9. The van der Waals surface area contributed by atoms with Crippen molar-refractivity contribution < 1.29 is 28.9 Å². The smallest absolute Gasteiger partial charge is 0.310 e. The molecule has 16 heteroatoms. The predicted molar refractivity (Wildman–Crippen MR) is 127 cm³/mol. The number of aromatic nitrogens is 4. The van der Waals surface area contributed by atoms with E-state index >= 15 is 0 Å². The van der Waals surface area contributed by atoms with Crippen LogP contribution in [0.4, 0.5) is 10.9 Å². The van der Waals surface area contributed by atoms with Gasteiger partial charge < -0.3 is 31.5 Å². The highest BCUT2D eigenvalue weighted by molar-refractivity contribution is 8.01. The number of carbonyl (C=O) groups excluding carboxylic acids is 3. The summed E-state index contributed by atoms with van der Waals surface area (Å²) >= 11 is 2.30. The zero-order valence-electron chi connectivity index (χ0n) is 18.7. The Labute approximate surface area is 211 Å². The number of hydrogen-bond donors (Lipinski definition) is 3. The van der Waals surface area contributed by atoms with Gasteiger partial charge in [0.1, 0.15) is 19.9 Å². The Morgan fingerprint density at radius 3 is 2.92 bits per heavy atom. The fourth-order valence-electron chi connectivity index (χ4n) is 4.22. The number of rotatable bonds is 7. The Morgan fingerprint density at radius 2 is 2.25 bits per heavy atom. The van der Waals surface area contributed by atoms with E-state index in [1.165, 1.54) is 34.5 Å². The standard InChI is InChI=1S/C20H19N9O5S2/c1-34-24-7-13(30)26-20(11-9-35-19(22)25-11)10(17(18(32)33)28-15(31)6-16(28)36-20)8-27-5-3-12(21)29-14(27)2-4-23-29/h2-5,7,9,16,21H,6,8H2,1H3,(H4,22,25,26,30,32,33)/t16-,20?/m0/s1. The molecule has 5 N–H and O–H groups in total. The summed E-state index contributed by atoms with van der Waals surface area (Å²) < 4.78 is 3.16. The Morgan fingerprint density at radius 1 is 1.44 bits per heavy atom. The topological polar surface area (TPSA) is 197 Å². The van der Waals surface area contributed by atoms with Crippen LogP contribution in [0.3, 0.4) is 0 Å². The maximum atomic E-state index is 12.9. The van der Waals surface area contributed by atoms with E-state index in [0.717, 1.165) is 17.6 Å². The number of hydrogen-bond acceptors (Lipinski definition) is 12. The number of oxime groups is 1. The molecule has 1 unspecified atom stereocenters. The first-order valence-corrected chi connectivity index (χ1v) is 12.2. The van der Waals surface area contributed by atoms with Crippen LogP contribution < -0.4 is 26.5 Å². The molecule has 3 aromatic rings. The summed E-state index contributed by atoms with van der Waals surface area (Å²) in [5.41, 5.74) is 12.6. The van der Waals surface area contributed by atoms with Crippen molar-refractivity contribution in [3.8, 4) is 0 Å². The minimum atomic E-state index is -1.57. The number of anilines is 2. The van der Waals surface area contributed by atoms with Crippen LogP contribution in [-0.4, -0.2) is 56.0 Å². The predicted octanol–water partition coefficient (Wildman–Crippen LogP) is -1.85. The van der Waals surface area contributed by atoms with E-state index in [-0.39, 0.29) is 35.3 Å². The van der Waals surface area contributed by atoms with Crippen molar-refractivity contribution >= 4 is 63.7 Å². The van der Waals surface area contributed by atoms with Crippen molar-refractivity contribution in [2.45, 2.75) is 23.2 Å². The monoisotopic (exact) mass is 529 g/mol. The van der Waals surface area contributed by atoms with Crippen LogP contribution in [0, 0.1) is 0 Å². The summed E-state index contributed by atoms with van der Waals surface area (Å²) in [6, 6.07) is 3.29. The zero-order chi connectivity index (χ0) is 25.6. The zero-order valence-corrected chi connectivity index (χ0v) is 20.3. The highest BCUT2D eigenvalue weighted by atomic mass is 32.2. The molecular weight excluding hydrogens is 510 g/mol. The fourth-order valence-corrected chi connectivity index (χ4v) is 6.55. The highest BCUT2D eigenvalue weighted by Crippen LogP contribution is 2.54. The number of nitrogens with two attached hydrogens (primary N) is 2. The van der Waals surface area contributed by atoms with Crippen LogP contribution in [-0.2, 0) is 30.6 Å². The van der Waals surface area contributed by atoms with Gasteiger partial charge in [0.05, 0.1) is 47.6 Å². The van der Waals surface area contributed by atoms with E-state index in [4.69, 9.17) is 11.5 Å². The molecule has 0 aliphatic carbocycles. The summed E-state index contributed by atoms with van der Waals surface area (Å²) in [7, 11) is 1.28. The lowest BCUT2D eigenvalue weighted by Gasteiger charge is -2.52. The van der Waals surface area contributed by atoms with Crippen molar-refractivity contribution in [3.05, 3.63) is 46.9 Å². The van der Waals surface area contributed by atoms with E-state index in [2.05, 4.69) is 25.4 Å². The number of nitrogens with zero attached hydrogens (tertiary/aromatic N) is 6. The van der Waals surface area contributed by atoms with Gasteiger partial charge in [-0.1, -0.05) is 26.5 Å². The minimum absolute atomic E-state index is 0.0695. The number of nitrogen functional groups attached to an aromatic ring is 2. The van der Waals surface area contributed by atoms with Crippen LogP contribution in [0.5, 0.6) is 0 Å². The lowest BCUT2D eigenvalue weighted by molar-refractivity contribution is -0.667. The largest absolute Gasteiger partial charge is 0.543 e. The second kappa shape index (κ2) is 8.80. The number of β-lactam (4-membered cyclic amide) rings is 1. The molecule has 2 atom stereocenters. The molecule has 2 aliphatic heterocycles. The molecule has 5 heterocycles. The van der Waals surface area contributed by atoms with Gasteiger partial charge in [0.2, 0.25) is 11.7 Å². The van der Waals surface area contributed by atoms with Gasteiger partial charge in [-0.25, -0.2) is 9.55 Å². The van der Waals surface area contributed by atoms with Gasteiger partial charge in [-0.2, -0.15) is 0 Å². The molecule has 0 aromatic carbocycles. The summed E-state index contributed by atoms with van der Waals surface area (Å²) in [4.78, 5) is 46.6. The van der Waals surface area contributed by atoms with Crippen LogP contribution >= 0.6 is 23.1 Å². The Kier molecular flexibility index (Phi) is 5.76. The van der Waals surface area contributed by atoms with Crippen molar-refractivity contribution in [2.24, 2.45) is 5.16 Å². The van der Waals surface area contributed by atoms with E-state index in [1.807, 2.05) is 0 Å². The van der Waals surface area contributed by atoms with Gasteiger partial charge in [-0.05, 0) is 0 Å². The maximum Gasteiger partial charge on any atom is 0.310 e. The number of carboxylic acid groups (broad SMARTS) is 1. The quantitative estimate of drug-likeness (QED) is 0.135. The normalized spacial score (nSPS) is 21.5. The molecule has 1 saturated heterocycles. The molecule has 36 heavy (non-hydrogen) atoms. The molecule has 0 bridgehead atoms. The molecule has 2 amide bonds. The number of thioether (sulfide) groups is 1. The lowest BCUT2D eigenvalue weighted by atomic mass is 9.96. The number of thiazole rings is 1. The molecule has 0 radical (unpaired) electrons. The van der Waals surface area contributed by atoms with Gasteiger partial charge >= 0.3 is 5.65 Å². The van der Waals surface area contributed by atoms with Crippen LogP contribution in [0.2, 0.25) is 0 Å². The van der Waals surface area contributed by atoms with E-state index in [0.29, 0.717) is 17.2 Å². The van der Waals surface area contributed by atoms with E-state index in [9.17, 15) is 19.5 Å². The summed E-state index contributed by atoms with van der Waals surface area (Å²) in [6.45, 7) is -0.0958. The summed E-state index contributed by atoms with van der Waals surface area (Å²) in [6.07, 6.45) is 4.17. The van der Waals surface area contributed by atoms with Crippen LogP contribution in [0.25, 0.3) is 5.65 Å². The Balaban J connectivity index is 1.76. The number of carboxylic acids is 1. The van der Waals surface area contributed by atoms with Crippen LogP contribution in [0.1, 0.15) is 12.1 Å². The molecule has 0 spiro atoms. The number of fused-ring (bicyclic) bond motifs is 2. The fraction of sp³-hybridized carbons (Fsp3) is 0.250. The molecule has 1 fully saturated rings. The third-order valence-corrected chi connectivity index (χ3v) is 7.97. The van der Waals surface area contributed by atoms with Gasteiger partial charge in [0.25, 0.3) is 5.91 Å². The summed E-state index contributed by atoms with van der Waals surface area (Å²) in [5, 5.41) is 24.3. The van der Waals surface area contributed by atoms with Crippen molar-refractivity contribution in [1.29, 1.82) is 0 Å². The third-order valence-electron chi connectivity index (χ3n) is 5.74. The van der Waals surface area contributed by atoms with E-state index < -0.39 is 22.1 Å². The molecule has 3 aromatic heterocycles. The molecular formula is C20H19N9O5S2. The van der Waals surface area contributed by atoms with Crippen LogP contribution in [0.15, 0.2) is 46.3 Å². The highest BCUT2D eigenvalue weighted by Gasteiger charge is 2.56. The van der Waals surface area contributed by atoms with Crippen molar-refractivity contribution in [2.75, 3.05) is 18.6 Å². The first-order valence-electron chi connectivity index (χ1n) is 10.4. The van der Waals surface area contributed by atoms with Gasteiger partial charge in [-0.3, -0.25) is 14.5 Å². The number of carbonyl (C=O) groups is 3. The molecule has 186 valence electrons. The van der Waals surface area contributed by atoms with Gasteiger partial charge in [0.15, 0.2) is 10.0 Å².